The van der Waals surface area contributed by atoms with Crippen LogP contribution in [0.1, 0.15) is 35.2 Å². The van der Waals surface area contributed by atoms with Crippen molar-refractivity contribution in [2.24, 2.45) is 0 Å². The quantitative estimate of drug-likeness (QED) is 0.598. The molecule has 0 aliphatic rings. The minimum atomic E-state index is -0.208. The van der Waals surface area contributed by atoms with E-state index in [4.69, 9.17) is 20.4 Å². The van der Waals surface area contributed by atoms with Crippen molar-refractivity contribution in [1.29, 1.82) is 0 Å². The third-order valence-electron chi connectivity index (χ3n) is 3.16. The topological polar surface area (TPSA) is 101 Å². The minimum absolute atomic E-state index is 0. The zero-order chi connectivity index (χ0) is 16.7. The van der Waals surface area contributed by atoms with Gasteiger partial charge in [0.2, 0.25) is 0 Å². The fourth-order valence-electron chi connectivity index (χ4n) is 2.02. The van der Waals surface area contributed by atoms with Crippen LogP contribution in [0.25, 0.3) is 0 Å². The highest BCUT2D eigenvalue weighted by Gasteiger charge is 2.06. The van der Waals surface area contributed by atoms with Crippen molar-refractivity contribution in [1.82, 2.24) is 0 Å². The van der Waals surface area contributed by atoms with Crippen molar-refractivity contribution >= 4 is 0 Å². The predicted octanol–water partition coefficient (Wildman–Crippen LogP) is 2.51. The number of phenols is 2. The average Bonchev–Trinajstić information content (AvgIpc) is 2.52. The molecule has 0 aliphatic heterocycles. The van der Waals surface area contributed by atoms with Crippen LogP contribution in [0.3, 0.4) is 0 Å². The van der Waals surface area contributed by atoms with E-state index in [1.807, 2.05) is 13.8 Å². The molecule has 0 saturated carbocycles. The lowest BCUT2D eigenvalue weighted by Gasteiger charge is -2.07. The lowest BCUT2D eigenvalue weighted by atomic mass is 10.1. The maximum Gasteiger partial charge on any atom is 0.126 e. The molecule has 0 saturated heterocycles. The Labute approximate surface area is 137 Å². The van der Waals surface area contributed by atoms with Gasteiger partial charge in [-0.3, -0.25) is 0 Å². The fraction of sp³-hybridized carbons (Fsp3) is 0.333. The number of hydrogen-bond donors (Lipinski definition) is 5. The van der Waals surface area contributed by atoms with Gasteiger partial charge in [-0.2, -0.15) is 0 Å². The summed E-state index contributed by atoms with van der Waals surface area (Å²) in [6.07, 6.45) is 0. The second-order valence-corrected chi connectivity index (χ2v) is 5.04. The lowest BCUT2D eigenvalue weighted by Crippen LogP contribution is -1.92. The van der Waals surface area contributed by atoms with Crippen LogP contribution in [0.5, 0.6) is 11.5 Å². The Morgan fingerprint density at radius 2 is 1.13 bits per heavy atom. The third kappa shape index (κ3) is 5.90. The SMILES string of the molecule is C.Cc1cc(CO)c(O)c(CO)c1.Cc1ccc(O)c(CO)c1. The van der Waals surface area contributed by atoms with E-state index in [9.17, 15) is 5.11 Å². The number of aliphatic hydroxyl groups excluding tert-OH is 3. The van der Waals surface area contributed by atoms with Crippen molar-refractivity contribution in [3.8, 4) is 11.5 Å². The standard InChI is InChI=1S/C9H12O3.C8H10O2.CH4/c1-6-2-7(4-10)9(12)8(3-6)5-11;1-6-2-3-8(10)7(4-6)5-9;/h2-3,10-12H,4-5H2,1H3;2-4,9-10H,5H2,1H3;1H4. The van der Waals surface area contributed by atoms with Crippen molar-refractivity contribution in [3.63, 3.8) is 0 Å². The van der Waals surface area contributed by atoms with Crippen LogP contribution in [0, 0.1) is 13.8 Å². The van der Waals surface area contributed by atoms with E-state index in [1.165, 1.54) is 0 Å². The molecule has 2 aromatic carbocycles. The normalized spacial score (nSPS) is 9.61. The third-order valence-corrected chi connectivity index (χ3v) is 3.16. The maximum absolute atomic E-state index is 9.39. The summed E-state index contributed by atoms with van der Waals surface area (Å²) in [5.74, 6) is 0.152. The highest BCUT2D eigenvalue weighted by Crippen LogP contribution is 2.24. The molecule has 0 amide bonds. The number of hydrogen-bond acceptors (Lipinski definition) is 5. The molecule has 2 aromatic rings. The molecule has 5 heteroatoms. The van der Waals surface area contributed by atoms with Crippen molar-refractivity contribution < 1.29 is 25.5 Å². The molecule has 0 spiro atoms. The molecule has 128 valence electrons. The first-order chi connectivity index (χ1) is 10.4. The summed E-state index contributed by atoms with van der Waals surface area (Å²) in [4.78, 5) is 0. The molecular formula is C18H26O5. The summed E-state index contributed by atoms with van der Waals surface area (Å²) in [5.41, 5.74) is 3.46. The molecule has 23 heavy (non-hydrogen) atoms. The van der Waals surface area contributed by atoms with Crippen LogP contribution in [0.2, 0.25) is 0 Å². The number of benzene rings is 2. The van der Waals surface area contributed by atoms with Gasteiger partial charge < -0.3 is 25.5 Å². The second-order valence-electron chi connectivity index (χ2n) is 5.04. The Morgan fingerprint density at radius 3 is 1.52 bits per heavy atom. The van der Waals surface area contributed by atoms with Crippen LogP contribution < -0.4 is 0 Å². The van der Waals surface area contributed by atoms with E-state index < -0.39 is 0 Å². The van der Waals surface area contributed by atoms with E-state index in [0.29, 0.717) is 16.7 Å². The molecule has 0 radical (unpaired) electrons. The van der Waals surface area contributed by atoms with E-state index >= 15 is 0 Å². The zero-order valence-electron chi connectivity index (χ0n) is 12.7. The van der Waals surface area contributed by atoms with Crippen LogP contribution in [0.4, 0.5) is 0 Å². The number of aromatic hydroxyl groups is 2. The van der Waals surface area contributed by atoms with Crippen LogP contribution in [-0.2, 0) is 19.8 Å². The van der Waals surface area contributed by atoms with Crippen molar-refractivity contribution in [2.75, 3.05) is 0 Å². The molecule has 0 atom stereocenters. The van der Waals surface area contributed by atoms with Crippen molar-refractivity contribution in [3.05, 3.63) is 58.1 Å². The monoisotopic (exact) mass is 322 g/mol. The Bertz CT molecular complexity index is 598. The van der Waals surface area contributed by atoms with Crippen LogP contribution in [-0.4, -0.2) is 25.5 Å². The molecule has 5 N–H and O–H groups in total. The smallest absolute Gasteiger partial charge is 0.126 e. The fourth-order valence-corrected chi connectivity index (χ4v) is 2.02. The summed E-state index contributed by atoms with van der Waals surface area (Å²) in [5, 5.41) is 44.8. The van der Waals surface area contributed by atoms with Gasteiger partial charge in [0.05, 0.1) is 19.8 Å². The van der Waals surface area contributed by atoms with Gasteiger partial charge in [0.25, 0.3) is 0 Å². The Balaban J connectivity index is 0.000000409. The van der Waals surface area contributed by atoms with Gasteiger partial charge in [-0.25, -0.2) is 0 Å². The highest BCUT2D eigenvalue weighted by molar-refractivity contribution is 5.42. The summed E-state index contributed by atoms with van der Waals surface area (Å²) in [6.45, 7) is 3.24. The van der Waals surface area contributed by atoms with Gasteiger partial charge in [0.1, 0.15) is 11.5 Å². The number of aliphatic hydroxyl groups is 3. The molecule has 0 aliphatic carbocycles. The molecule has 0 unspecified atom stereocenters. The summed E-state index contributed by atoms with van der Waals surface area (Å²) in [7, 11) is 0. The summed E-state index contributed by atoms with van der Waals surface area (Å²) >= 11 is 0. The Hall–Kier alpha value is -2.08. The molecular weight excluding hydrogens is 296 g/mol. The summed E-state index contributed by atoms with van der Waals surface area (Å²) < 4.78 is 0. The highest BCUT2D eigenvalue weighted by atomic mass is 16.3. The van der Waals surface area contributed by atoms with Gasteiger partial charge in [0, 0.05) is 16.7 Å². The van der Waals surface area contributed by atoms with Gasteiger partial charge in [-0.15, -0.1) is 0 Å². The van der Waals surface area contributed by atoms with E-state index in [-0.39, 0.29) is 38.7 Å². The molecule has 0 bridgehead atoms. The first-order valence-corrected chi connectivity index (χ1v) is 6.85. The first-order valence-electron chi connectivity index (χ1n) is 6.85. The van der Waals surface area contributed by atoms with Gasteiger partial charge >= 0.3 is 0 Å². The number of aryl methyl sites for hydroxylation is 2. The molecule has 0 aromatic heterocycles. The van der Waals surface area contributed by atoms with Crippen molar-refractivity contribution in [2.45, 2.75) is 41.1 Å². The predicted molar refractivity (Wildman–Crippen MR) is 90.2 cm³/mol. The number of rotatable bonds is 3. The van der Waals surface area contributed by atoms with Crippen LogP contribution >= 0.6 is 0 Å². The molecule has 5 nitrogen and oxygen atoms in total. The van der Waals surface area contributed by atoms with Crippen LogP contribution in [0.15, 0.2) is 30.3 Å². The van der Waals surface area contributed by atoms with Gasteiger partial charge in [0.15, 0.2) is 0 Å². The second kappa shape index (κ2) is 9.84. The zero-order valence-corrected chi connectivity index (χ0v) is 12.7. The lowest BCUT2D eigenvalue weighted by molar-refractivity contribution is 0.263. The average molecular weight is 322 g/mol. The maximum atomic E-state index is 9.39. The van der Waals surface area contributed by atoms with E-state index in [2.05, 4.69) is 0 Å². The first kappa shape index (κ1) is 20.9. The van der Waals surface area contributed by atoms with Gasteiger partial charge in [-0.1, -0.05) is 42.8 Å². The Morgan fingerprint density at radius 1 is 0.696 bits per heavy atom. The largest absolute Gasteiger partial charge is 0.508 e. The molecule has 0 heterocycles. The summed E-state index contributed by atoms with van der Waals surface area (Å²) in [6, 6.07) is 8.52. The van der Waals surface area contributed by atoms with E-state index in [0.717, 1.165) is 11.1 Å². The minimum Gasteiger partial charge on any atom is -0.508 e. The van der Waals surface area contributed by atoms with E-state index in [1.54, 1.807) is 30.3 Å². The Kier molecular flexibility index (Phi) is 8.95. The molecule has 2 rings (SSSR count). The van der Waals surface area contributed by atoms with Gasteiger partial charge in [-0.05, 0) is 19.9 Å². The molecule has 0 fully saturated rings.